The molecule has 2 rings (SSSR count). The Balaban J connectivity index is 1.86. The highest BCUT2D eigenvalue weighted by Gasteiger charge is 2.14. The molecule has 1 aromatic heterocycles. The zero-order valence-corrected chi connectivity index (χ0v) is 12.7. The van der Waals surface area contributed by atoms with Crippen LogP contribution in [-0.2, 0) is 17.8 Å². The minimum absolute atomic E-state index is 0.160. The standard InChI is InChI=1S/C17H18N2O4/c1-12(10-14-4-2-3-5-15(14)16(20)21)19-17(22)23-11-13-6-8-18-9-7-13/h2-9,12H,10-11H2,1H3,(H,19,22)(H,20,21)/t12-/m0/s1. The van der Waals surface area contributed by atoms with E-state index in [0.717, 1.165) is 5.56 Å². The lowest BCUT2D eigenvalue weighted by molar-refractivity contribution is 0.0695. The summed E-state index contributed by atoms with van der Waals surface area (Å²) in [6.07, 6.45) is 3.12. The first-order valence-corrected chi connectivity index (χ1v) is 7.19. The number of amides is 1. The number of aromatic nitrogens is 1. The molecule has 6 nitrogen and oxygen atoms in total. The molecule has 1 atom stereocenters. The van der Waals surface area contributed by atoms with E-state index in [4.69, 9.17) is 9.84 Å². The average Bonchev–Trinajstić information content (AvgIpc) is 2.54. The fourth-order valence-electron chi connectivity index (χ4n) is 2.16. The average molecular weight is 314 g/mol. The maximum atomic E-state index is 11.8. The third-order valence-corrected chi connectivity index (χ3v) is 3.26. The lowest BCUT2D eigenvalue weighted by atomic mass is 10.0. The number of nitrogens with zero attached hydrogens (tertiary/aromatic N) is 1. The number of pyridine rings is 1. The number of carbonyl (C=O) groups excluding carboxylic acids is 1. The van der Waals surface area contributed by atoms with Crippen molar-refractivity contribution in [3.63, 3.8) is 0 Å². The number of rotatable bonds is 6. The van der Waals surface area contributed by atoms with Crippen molar-refractivity contribution in [2.24, 2.45) is 0 Å². The number of hydrogen-bond donors (Lipinski definition) is 2. The molecule has 0 radical (unpaired) electrons. The Kier molecular flexibility index (Phi) is 5.68. The number of aromatic carboxylic acids is 1. The zero-order valence-electron chi connectivity index (χ0n) is 12.7. The van der Waals surface area contributed by atoms with Crippen LogP contribution in [0.15, 0.2) is 48.8 Å². The first kappa shape index (κ1) is 16.5. The second-order valence-corrected chi connectivity index (χ2v) is 5.14. The molecule has 23 heavy (non-hydrogen) atoms. The lowest BCUT2D eigenvalue weighted by Crippen LogP contribution is -2.34. The smallest absolute Gasteiger partial charge is 0.407 e. The van der Waals surface area contributed by atoms with Gasteiger partial charge in [-0.1, -0.05) is 18.2 Å². The quantitative estimate of drug-likeness (QED) is 0.855. The van der Waals surface area contributed by atoms with Gasteiger partial charge in [0, 0.05) is 18.4 Å². The van der Waals surface area contributed by atoms with E-state index < -0.39 is 12.1 Å². The minimum Gasteiger partial charge on any atom is -0.478 e. The first-order chi connectivity index (χ1) is 11.1. The van der Waals surface area contributed by atoms with Gasteiger partial charge >= 0.3 is 12.1 Å². The fourth-order valence-corrected chi connectivity index (χ4v) is 2.16. The maximum Gasteiger partial charge on any atom is 0.407 e. The van der Waals surface area contributed by atoms with E-state index in [1.54, 1.807) is 55.7 Å². The van der Waals surface area contributed by atoms with Crippen molar-refractivity contribution in [3.05, 3.63) is 65.5 Å². The fraction of sp³-hybridized carbons (Fsp3) is 0.235. The second kappa shape index (κ2) is 7.93. The molecule has 0 saturated heterocycles. The van der Waals surface area contributed by atoms with Crippen molar-refractivity contribution >= 4 is 12.1 Å². The van der Waals surface area contributed by atoms with Crippen molar-refractivity contribution < 1.29 is 19.4 Å². The highest BCUT2D eigenvalue weighted by molar-refractivity contribution is 5.89. The number of hydrogen-bond acceptors (Lipinski definition) is 4. The van der Waals surface area contributed by atoms with Crippen LogP contribution in [0.4, 0.5) is 4.79 Å². The summed E-state index contributed by atoms with van der Waals surface area (Å²) in [6.45, 7) is 1.96. The zero-order chi connectivity index (χ0) is 16.7. The molecule has 0 aliphatic carbocycles. The topological polar surface area (TPSA) is 88.5 Å². The Morgan fingerprint density at radius 2 is 1.91 bits per heavy atom. The van der Waals surface area contributed by atoms with Crippen LogP contribution >= 0.6 is 0 Å². The number of nitrogens with one attached hydrogen (secondary N) is 1. The van der Waals surface area contributed by atoms with Gasteiger partial charge in [0.25, 0.3) is 0 Å². The molecule has 0 bridgehead atoms. The molecular formula is C17H18N2O4. The summed E-state index contributed by atoms with van der Waals surface area (Å²) in [5.74, 6) is -0.979. The molecule has 0 fully saturated rings. The van der Waals surface area contributed by atoms with Gasteiger partial charge in [-0.25, -0.2) is 9.59 Å². The molecule has 0 aliphatic heterocycles. The van der Waals surface area contributed by atoms with Gasteiger partial charge in [-0.2, -0.15) is 0 Å². The molecule has 0 saturated carbocycles. The number of benzene rings is 1. The highest BCUT2D eigenvalue weighted by Crippen LogP contribution is 2.11. The number of ether oxygens (including phenoxy) is 1. The van der Waals surface area contributed by atoms with Crippen molar-refractivity contribution in [2.75, 3.05) is 0 Å². The van der Waals surface area contributed by atoms with Gasteiger partial charge in [0.15, 0.2) is 0 Å². The molecule has 0 spiro atoms. The molecule has 2 aromatic rings. The van der Waals surface area contributed by atoms with Crippen LogP contribution in [0, 0.1) is 0 Å². The maximum absolute atomic E-state index is 11.8. The van der Waals surface area contributed by atoms with Crippen LogP contribution in [0.1, 0.15) is 28.4 Å². The van der Waals surface area contributed by atoms with E-state index in [0.29, 0.717) is 12.0 Å². The Bertz CT molecular complexity index is 673. The van der Waals surface area contributed by atoms with Gasteiger partial charge in [0.2, 0.25) is 0 Å². The highest BCUT2D eigenvalue weighted by atomic mass is 16.5. The monoisotopic (exact) mass is 314 g/mol. The van der Waals surface area contributed by atoms with Gasteiger partial charge in [-0.3, -0.25) is 4.98 Å². The van der Waals surface area contributed by atoms with E-state index in [2.05, 4.69) is 10.3 Å². The molecule has 6 heteroatoms. The van der Waals surface area contributed by atoms with Gasteiger partial charge in [0.05, 0.1) is 5.56 Å². The predicted octanol–water partition coefficient (Wildman–Crippen LogP) is 2.64. The summed E-state index contributed by atoms with van der Waals surface area (Å²) in [4.78, 5) is 26.8. The van der Waals surface area contributed by atoms with Crippen molar-refractivity contribution in [1.82, 2.24) is 10.3 Å². The van der Waals surface area contributed by atoms with Gasteiger partial charge in [-0.05, 0) is 42.7 Å². The Labute approximate surface area is 134 Å². The SMILES string of the molecule is C[C@@H](Cc1ccccc1C(=O)O)NC(=O)OCc1ccncc1. The molecule has 1 heterocycles. The number of carboxylic acids is 1. The van der Waals surface area contributed by atoms with Gasteiger partial charge in [0.1, 0.15) is 6.61 Å². The van der Waals surface area contributed by atoms with Crippen LogP contribution in [0.25, 0.3) is 0 Å². The second-order valence-electron chi connectivity index (χ2n) is 5.14. The first-order valence-electron chi connectivity index (χ1n) is 7.19. The van der Waals surface area contributed by atoms with Crippen LogP contribution in [0.3, 0.4) is 0 Å². The molecule has 120 valence electrons. The molecule has 1 aromatic carbocycles. The minimum atomic E-state index is -0.979. The molecule has 0 aliphatic rings. The third-order valence-electron chi connectivity index (χ3n) is 3.26. The van der Waals surface area contributed by atoms with Crippen molar-refractivity contribution in [2.45, 2.75) is 26.0 Å². The van der Waals surface area contributed by atoms with E-state index in [1.165, 1.54) is 0 Å². The van der Waals surface area contributed by atoms with Gasteiger partial charge in [-0.15, -0.1) is 0 Å². The summed E-state index contributed by atoms with van der Waals surface area (Å²) in [6, 6.07) is 10.0. The van der Waals surface area contributed by atoms with E-state index >= 15 is 0 Å². The van der Waals surface area contributed by atoms with Crippen LogP contribution in [0.2, 0.25) is 0 Å². The van der Waals surface area contributed by atoms with E-state index in [1.807, 2.05) is 0 Å². The summed E-state index contributed by atoms with van der Waals surface area (Å²) >= 11 is 0. The molecular weight excluding hydrogens is 296 g/mol. The molecule has 0 unspecified atom stereocenters. The van der Waals surface area contributed by atoms with Crippen molar-refractivity contribution in [1.29, 1.82) is 0 Å². The number of carboxylic acid groups (broad SMARTS) is 1. The Morgan fingerprint density at radius 1 is 1.22 bits per heavy atom. The summed E-state index contributed by atoms with van der Waals surface area (Å²) in [5, 5.41) is 11.8. The number of alkyl carbamates (subject to hydrolysis) is 1. The number of carbonyl (C=O) groups is 2. The Morgan fingerprint density at radius 3 is 2.61 bits per heavy atom. The van der Waals surface area contributed by atoms with Crippen LogP contribution in [0.5, 0.6) is 0 Å². The van der Waals surface area contributed by atoms with Gasteiger partial charge < -0.3 is 15.2 Å². The molecule has 1 amide bonds. The summed E-state index contributed by atoms with van der Waals surface area (Å²) < 4.78 is 5.12. The van der Waals surface area contributed by atoms with E-state index in [9.17, 15) is 9.59 Å². The summed E-state index contributed by atoms with van der Waals surface area (Å²) in [7, 11) is 0. The van der Waals surface area contributed by atoms with Crippen molar-refractivity contribution in [3.8, 4) is 0 Å². The van der Waals surface area contributed by atoms with E-state index in [-0.39, 0.29) is 18.2 Å². The largest absolute Gasteiger partial charge is 0.478 e. The van der Waals surface area contributed by atoms with Crippen LogP contribution in [-0.4, -0.2) is 28.2 Å². The lowest BCUT2D eigenvalue weighted by Gasteiger charge is -2.15. The van der Waals surface area contributed by atoms with Crippen LogP contribution < -0.4 is 5.32 Å². The third kappa shape index (κ3) is 5.10. The summed E-state index contributed by atoms with van der Waals surface area (Å²) in [5.41, 5.74) is 1.76. The normalized spacial score (nSPS) is 11.5. The Hall–Kier alpha value is -2.89. The predicted molar refractivity (Wildman–Crippen MR) is 84.1 cm³/mol. The molecule has 2 N–H and O–H groups in total.